The Balaban J connectivity index is 1.59. The van der Waals surface area contributed by atoms with Crippen LogP contribution in [0, 0.1) is 5.92 Å². The average Bonchev–Trinajstić information content (AvgIpc) is 3.65. The summed E-state index contributed by atoms with van der Waals surface area (Å²) < 4.78 is 7.08. The monoisotopic (exact) mass is 555 g/mol. The molecule has 0 saturated carbocycles. The number of ketones is 1. The second kappa shape index (κ2) is 11.4. The zero-order valence-corrected chi connectivity index (χ0v) is 23.5. The average molecular weight is 556 g/mol. The molecular weight excluding hydrogens is 522 g/mol. The van der Waals surface area contributed by atoms with Gasteiger partial charge in [-0.05, 0) is 38.8 Å². The van der Waals surface area contributed by atoms with Crippen LogP contribution in [0.3, 0.4) is 0 Å². The summed E-state index contributed by atoms with van der Waals surface area (Å²) in [5.41, 5.74) is 11.3. The highest BCUT2D eigenvalue weighted by Crippen LogP contribution is 2.40. The Morgan fingerprint density at radius 3 is 2.68 bits per heavy atom. The molecule has 0 aromatic carbocycles. The number of pyridine rings is 1. The standard InChI is InChI=1S/C29H33N9O3/c1-6-18(7-2)23-9-8-19(11-31-23)22-12-34-38-26(30)24(17(4)39)25(35-28(22)38)21-10-16(3)37(13-20(21)14-41-5)29(40)27-32-15-33-36-27/h6-9,11-12,15-16,20-21H,1,10,13-14,30H2,2-5H3,(H,32,33,36). The van der Waals surface area contributed by atoms with Crippen molar-refractivity contribution >= 4 is 28.7 Å². The fourth-order valence-corrected chi connectivity index (χ4v) is 5.65. The van der Waals surface area contributed by atoms with Crippen molar-refractivity contribution in [1.29, 1.82) is 0 Å². The van der Waals surface area contributed by atoms with E-state index in [1.54, 1.807) is 30.5 Å². The van der Waals surface area contributed by atoms with Crippen LogP contribution in [-0.4, -0.2) is 77.7 Å². The molecule has 12 heteroatoms. The second-order valence-corrected chi connectivity index (χ2v) is 10.2. The van der Waals surface area contributed by atoms with E-state index in [-0.39, 0.29) is 41.2 Å². The molecule has 1 aliphatic rings. The maximum Gasteiger partial charge on any atom is 0.291 e. The van der Waals surface area contributed by atoms with Gasteiger partial charge in [0.05, 0.1) is 29.8 Å². The number of ether oxygens (including phenoxy) is 1. The number of likely N-dealkylation sites (tertiary alicyclic amines) is 1. The third kappa shape index (κ3) is 5.02. The number of carbonyl (C=O) groups is 2. The normalized spacial score (nSPS) is 19.5. The number of anilines is 1. The first-order valence-corrected chi connectivity index (χ1v) is 13.4. The summed E-state index contributed by atoms with van der Waals surface area (Å²) in [5.74, 6) is -0.403. The Morgan fingerprint density at radius 1 is 1.27 bits per heavy atom. The van der Waals surface area contributed by atoms with E-state index in [0.717, 1.165) is 22.4 Å². The number of amides is 1. The number of hydrogen-bond donors (Lipinski definition) is 2. The van der Waals surface area contributed by atoms with Crippen LogP contribution in [0.15, 0.2) is 49.6 Å². The van der Waals surface area contributed by atoms with E-state index < -0.39 is 0 Å². The number of nitrogens with one attached hydrogen (secondary N) is 1. The number of nitrogens with two attached hydrogens (primary N) is 1. The van der Waals surface area contributed by atoms with Gasteiger partial charge in [-0.15, -0.1) is 0 Å². The molecule has 5 rings (SSSR count). The van der Waals surface area contributed by atoms with Crippen LogP contribution < -0.4 is 5.73 Å². The molecule has 4 aromatic rings. The van der Waals surface area contributed by atoms with Crippen molar-refractivity contribution < 1.29 is 14.3 Å². The Bertz CT molecular complexity index is 1620. The third-order valence-electron chi connectivity index (χ3n) is 7.70. The second-order valence-electron chi connectivity index (χ2n) is 10.2. The first kappa shape index (κ1) is 27.8. The number of H-pyrrole nitrogens is 1. The molecule has 1 fully saturated rings. The Hall–Kier alpha value is -4.71. The molecule has 0 aliphatic carbocycles. The molecule has 0 spiro atoms. The number of aromatic nitrogens is 7. The number of hydrogen-bond acceptors (Lipinski definition) is 9. The maximum atomic E-state index is 13.2. The number of allylic oxidation sites excluding steroid dienone is 3. The minimum atomic E-state index is -0.240. The van der Waals surface area contributed by atoms with Gasteiger partial charge < -0.3 is 15.4 Å². The van der Waals surface area contributed by atoms with Gasteiger partial charge in [-0.3, -0.25) is 19.7 Å². The van der Waals surface area contributed by atoms with Crippen molar-refractivity contribution in [2.75, 3.05) is 26.0 Å². The van der Waals surface area contributed by atoms with E-state index in [4.69, 9.17) is 15.5 Å². The van der Waals surface area contributed by atoms with Crippen LogP contribution in [-0.2, 0) is 4.74 Å². The molecule has 0 bridgehead atoms. The summed E-state index contributed by atoms with van der Waals surface area (Å²) in [6.07, 6.45) is 9.01. The molecular formula is C29H33N9O3. The molecule has 3 unspecified atom stereocenters. The largest absolute Gasteiger partial charge is 0.384 e. The first-order chi connectivity index (χ1) is 19.8. The molecule has 3 N–H and O–H groups in total. The zero-order chi connectivity index (χ0) is 29.3. The van der Waals surface area contributed by atoms with E-state index in [1.165, 1.54) is 17.8 Å². The highest BCUT2D eigenvalue weighted by Gasteiger charge is 2.40. The Labute approximate surface area is 237 Å². The maximum absolute atomic E-state index is 13.2. The molecule has 41 heavy (non-hydrogen) atoms. The number of fused-ring (bicyclic) bond motifs is 1. The number of piperidine rings is 1. The number of rotatable bonds is 8. The van der Waals surface area contributed by atoms with Crippen molar-refractivity contribution in [1.82, 2.24) is 39.7 Å². The lowest BCUT2D eigenvalue weighted by Gasteiger charge is -2.42. The van der Waals surface area contributed by atoms with E-state index >= 15 is 0 Å². The fourth-order valence-electron chi connectivity index (χ4n) is 5.65. The molecule has 3 atom stereocenters. The highest BCUT2D eigenvalue weighted by molar-refractivity contribution is 6.00. The third-order valence-corrected chi connectivity index (χ3v) is 7.70. The molecule has 5 heterocycles. The molecule has 12 nitrogen and oxygen atoms in total. The van der Waals surface area contributed by atoms with E-state index in [1.807, 2.05) is 32.1 Å². The van der Waals surface area contributed by atoms with Gasteiger partial charge in [0.15, 0.2) is 11.4 Å². The van der Waals surface area contributed by atoms with Gasteiger partial charge in [-0.25, -0.2) is 9.97 Å². The van der Waals surface area contributed by atoms with Gasteiger partial charge in [0.2, 0.25) is 5.82 Å². The number of aromatic amines is 1. The summed E-state index contributed by atoms with van der Waals surface area (Å²) in [4.78, 5) is 41.6. The van der Waals surface area contributed by atoms with Gasteiger partial charge in [0.1, 0.15) is 12.1 Å². The lowest BCUT2D eigenvalue weighted by Crippen LogP contribution is -2.50. The minimum absolute atomic E-state index is 0.152. The smallest absolute Gasteiger partial charge is 0.291 e. The molecule has 1 aliphatic heterocycles. The van der Waals surface area contributed by atoms with Crippen LogP contribution in [0.25, 0.3) is 22.3 Å². The lowest BCUT2D eigenvalue weighted by atomic mass is 9.78. The summed E-state index contributed by atoms with van der Waals surface area (Å²) in [6.45, 7) is 9.98. The predicted octanol–water partition coefficient (Wildman–Crippen LogP) is 3.56. The van der Waals surface area contributed by atoms with Gasteiger partial charge in [-0.2, -0.15) is 14.7 Å². The summed E-state index contributed by atoms with van der Waals surface area (Å²) >= 11 is 0. The molecule has 0 radical (unpaired) electrons. The predicted molar refractivity (Wildman–Crippen MR) is 154 cm³/mol. The van der Waals surface area contributed by atoms with Gasteiger partial charge in [0.25, 0.3) is 5.91 Å². The fraction of sp³-hybridized carbons (Fsp3) is 0.345. The van der Waals surface area contributed by atoms with Crippen LogP contribution in [0.1, 0.15) is 65.5 Å². The topological polar surface area (TPSA) is 157 Å². The minimum Gasteiger partial charge on any atom is -0.384 e. The van der Waals surface area contributed by atoms with Gasteiger partial charge >= 0.3 is 0 Å². The van der Waals surface area contributed by atoms with Crippen LogP contribution in [0.5, 0.6) is 0 Å². The van der Waals surface area contributed by atoms with Gasteiger partial charge in [-0.1, -0.05) is 24.8 Å². The first-order valence-electron chi connectivity index (χ1n) is 13.4. The number of nitrogens with zero attached hydrogens (tertiary/aromatic N) is 7. The molecule has 212 valence electrons. The number of Topliss-reactive ketones (excluding diaryl/α,β-unsaturated/α-hetero) is 1. The SMILES string of the molecule is C=CC(=CC)c1ccc(-c2cnn3c(N)c(C(C)=O)c(C4CC(C)N(C(=O)c5ncn[nH]5)CC4COC)nc23)cn1. The molecule has 4 aromatic heterocycles. The van der Waals surface area contributed by atoms with Crippen molar-refractivity contribution in [2.45, 2.75) is 39.2 Å². The summed E-state index contributed by atoms with van der Waals surface area (Å²) in [7, 11) is 1.62. The van der Waals surface area contributed by atoms with E-state index in [0.29, 0.717) is 36.5 Å². The number of carbonyl (C=O) groups excluding carboxylic acids is 2. The van der Waals surface area contributed by atoms with Crippen molar-refractivity contribution in [2.24, 2.45) is 5.92 Å². The number of methoxy groups -OCH3 is 1. The van der Waals surface area contributed by atoms with Gasteiger partial charge in [0, 0.05) is 48.9 Å². The molecule has 1 amide bonds. The van der Waals surface area contributed by atoms with Crippen LogP contribution in [0.4, 0.5) is 5.82 Å². The highest BCUT2D eigenvalue weighted by atomic mass is 16.5. The van der Waals surface area contributed by atoms with Crippen molar-refractivity contribution in [3.8, 4) is 11.1 Å². The summed E-state index contributed by atoms with van der Waals surface area (Å²) in [6, 6.07) is 3.70. The number of nitrogen functional groups attached to an aromatic ring is 1. The van der Waals surface area contributed by atoms with E-state index in [2.05, 4.69) is 31.8 Å². The lowest BCUT2D eigenvalue weighted by molar-refractivity contribution is 0.0341. The molecule has 1 saturated heterocycles. The van der Waals surface area contributed by atoms with Crippen LogP contribution >= 0.6 is 0 Å². The quantitative estimate of drug-likeness (QED) is 0.245. The Kier molecular flexibility index (Phi) is 7.75. The zero-order valence-electron chi connectivity index (χ0n) is 23.5. The van der Waals surface area contributed by atoms with Crippen molar-refractivity contribution in [3.05, 3.63) is 72.4 Å². The van der Waals surface area contributed by atoms with Crippen LogP contribution in [0.2, 0.25) is 0 Å². The summed E-state index contributed by atoms with van der Waals surface area (Å²) in [5, 5.41) is 10.9. The van der Waals surface area contributed by atoms with E-state index in [9.17, 15) is 9.59 Å². The Morgan fingerprint density at radius 2 is 2.07 bits per heavy atom. The van der Waals surface area contributed by atoms with Crippen molar-refractivity contribution in [3.63, 3.8) is 0 Å².